The van der Waals surface area contributed by atoms with Crippen LogP contribution < -0.4 is 15.8 Å². The van der Waals surface area contributed by atoms with Crippen molar-refractivity contribution in [2.45, 2.75) is 6.54 Å². The normalized spacial score (nSPS) is 10.3. The number of hydrogen-bond acceptors (Lipinski definition) is 5. The van der Waals surface area contributed by atoms with Crippen molar-refractivity contribution >= 4 is 22.9 Å². The van der Waals surface area contributed by atoms with Crippen molar-refractivity contribution < 1.29 is 13.9 Å². The van der Waals surface area contributed by atoms with E-state index in [0.29, 0.717) is 10.8 Å². The average molecular weight is 281 g/mol. The fourth-order valence-corrected chi connectivity index (χ4v) is 2.08. The van der Waals surface area contributed by atoms with Gasteiger partial charge in [-0.25, -0.2) is 9.37 Å². The second kappa shape index (κ2) is 5.77. The third kappa shape index (κ3) is 3.07. The van der Waals surface area contributed by atoms with E-state index in [0.717, 1.165) is 0 Å². The predicted molar refractivity (Wildman–Crippen MR) is 70.9 cm³/mol. The topological polar surface area (TPSA) is 77.2 Å². The van der Waals surface area contributed by atoms with Crippen molar-refractivity contribution in [3.63, 3.8) is 0 Å². The van der Waals surface area contributed by atoms with Crippen LogP contribution in [0.15, 0.2) is 23.6 Å². The molecule has 0 aliphatic carbocycles. The second-order valence-electron chi connectivity index (χ2n) is 3.63. The lowest BCUT2D eigenvalue weighted by molar-refractivity contribution is 0.102. The van der Waals surface area contributed by atoms with Crippen LogP contribution in [0, 0.1) is 5.82 Å². The molecule has 0 fully saturated rings. The molecule has 100 valence electrons. The maximum Gasteiger partial charge on any atom is 0.275 e. The summed E-state index contributed by atoms with van der Waals surface area (Å²) in [5, 5.41) is 4.68. The highest BCUT2D eigenvalue weighted by Crippen LogP contribution is 2.22. The monoisotopic (exact) mass is 281 g/mol. The first kappa shape index (κ1) is 13.4. The van der Waals surface area contributed by atoms with Crippen molar-refractivity contribution in [3.05, 3.63) is 40.1 Å². The molecular formula is C12H12FN3O2S. The maximum absolute atomic E-state index is 13.5. The Kier molecular flexibility index (Phi) is 4.08. The van der Waals surface area contributed by atoms with Gasteiger partial charge in [-0.05, 0) is 12.1 Å². The fourth-order valence-electron chi connectivity index (χ4n) is 1.42. The first-order chi connectivity index (χ1) is 9.13. The Balaban J connectivity index is 2.18. The molecule has 0 saturated heterocycles. The van der Waals surface area contributed by atoms with Crippen molar-refractivity contribution in [2.75, 3.05) is 12.4 Å². The minimum atomic E-state index is -0.538. The molecule has 0 atom stereocenters. The minimum absolute atomic E-state index is 0.0478. The highest BCUT2D eigenvalue weighted by molar-refractivity contribution is 7.09. The van der Waals surface area contributed by atoms with Gasteiger partial charge in [-0.15, -0.1) is 11.3 Å². The maximum atomic E-state index is 13.5. The number of benzene rings is 1. The summed E-state index contributed by atoms with van der Waals surface area (Å²) in [6.07, 6.45) is 0. The molecule has 1 amide bonds. The molecule has 19 heavy (non-hydrogen) atoms. The lowest BCUT2D eigenvalue weighted by atomic mass is 10.2. The van der Waals surface area contributed by atoms with Gasteiger partial charge in [0.1, 0.15) is 22.3 Å². The predicted octanol–water partition coefficient (Wildman–Crippen LogP) is 2.00. The van der Waals surface area contributed by atoms with Crippen LogP contribution in [0.1, 0.15) is 15.5 Å². The Bertz CT molecular complexity index is 600. The molecule has 5 nitrogen and oxygen atoms in total. The summed E-state index contributed by atoms with van der Waals surface area (Å²) in [6.45, 7) is 0.269. The fraction of sp³-hybridized carbons (Fsp3) is 0.167. The van der Waals surface area contributed by atoms with E-state index in [9.17, 15) is 9.18 Å². The Hall–Kier alpha value is -1.99. The molecule has 1 heterocycles. The molecule has 7 heteroatoms. The number of anilines is 1. The summed E-state index contributed by atoms with van der Waals surface area (Å²) in [7, 11) is 1.47. The number of rotatable bonds is 4. The van der Waals surface area contributed by atoms with Crippen molar-refractivity contribution in [1.29, 1.82) is 0 Å². The Labute approximate surface area is 113 Å². The summed E-state index contributed by atoms with van der Waals surface area (Å²) < 4.78 is 18.5. The van der Waals surface area contributed by atoms with Crippen LogP contribution in [0.4, 0.5) is 10.1 Å². The SMILES string of the molecule is COc1ccc(F)c(NC(=O)c2csc(CN)n2)c1. The standard InChI is InChI=1S/C12H12FN3O2S/c1-18-7-2-3-8(13)9(4-7)16-12(17)10-6-19-11(5-14)15-10/h2-4,6H,5,14H2,1H3,(H,16,17). The van der Waals surface area contributed by atoms with E-state index >= 15 is 0 Å². The summed E-state index contributed by atoms with van der Waals surface area (Å²) in [6, 6.07) is 4.10. The van der Waals surface area contributed by atoms with E-state index in [1.54, 1.807) is 5.38 Å². The third-order valence-electron chi connectivity index (χ3n) is 2.38. The van der Waals surface area contributed by atoms with Gasteiger partial charge >= 0.3 is 0 Å². The molecule has 2 rings (SSSR count). The van der Waals surface area contributed by atoms with E-state index in [-0.39, 0.29) is 17.9 Å². The molecule has 0 radical (unpaired) electrons. The zero-order chi connectivity index (χ0) is 13.8. The highest BCUT2D eigenvalue weighted by Gasteiger charge is 2.13. The summed E-state index contributed by atoms with van der Waals surface area (Å²) in [5.74, 6) is -0.566. The molecule has 3 N–H and O–H groups in total. The van der Waals surface area contributed by atoms with Gasteiger partial charge in [0, 0.05) is 18.0 Å². The molecule has 0 aliphatic heterocycles. The number of carbonyl (C=O) groups excluding carboxylic acids is 1. The molecule has 0 unspecified atom stereocenters. The van der Waals surface area contributed by atoms with Gasteiger partial charge in [0.2, 0.25) is 0 Å². The quantitative estimate of drug-likeness (QED) is 0.898. The molecule has 1 aromatic carbocycles. The van der Waals surface area contributed by atoms with Crippen LogP contribution in [-0.2, 0) is 6.54 Å². The van der Waals surface area contributed by atoms with Crippen LogP contribution in [0.3, 0.4) is 0 Å². The van der Waals surface area contributed by atoms with Crippen molar-refractivity contribution in [3.8, 4) is 5.75 Å². The van der Waals surface area contributed by atoms with Crippen molar-refractivity contribution in [1.82, 2.24) is 4.98 Å². The van der Waals surface area contributed by atoms with Gasteiger partial charge in [0.15, 0.2) is 0 Å². The van der Waals surface area contributed by atoms with Crippen LogP contribution >= 0.6 is 11.3 Å². The van der Waals surface area contributed by atoms with E-state index < -0.39 is 11.7 Å². The number of ether oxygens (including phenoxy) is 1. The zero-order valence-corrected chi connectivity index (χ0v) is 11.0. The second-order valence-corrected chi connectivity index (χ2v) is 4.57. The van der Waals surface area contributed by atoms with Gasteiger partial charge in [-0.1, -0.05) is 0 Å². The van der Waals surface area contributed by atoms with Gasteiger partial charge in [-0.3, -0.25) is 4.79 Å². The van der Waals surface area contributed by atoms with Gasteiger partial charge in [0.25, 0.3) is 5.91 Å². The van der Waals surface area contributed by atoms with Crippen LogP contribution in [0.25, 0.3) is 0 Å². The molecule has 0 saturated carbocycles. The molecular weight excluding hydrogens is 269 g/mol. The number of halogens is 1. The number of nitrogens with zero attached hydrogens (tertiary/aromatic N) is 1. The number of carbonyl (C=O) groups is 1. The number of amides is 1. The molecule has 0 spiro atoms. The Morgan fingerprint density at radius 2 is 2.37 bits per heavy atom. The van der Waals surface area contributed by atoms with Gasteiger partial charge < -0.3 is 15.8 Å². The zero-order valence-electron chi connectivity index (χ0n) is 10.1. The number of hydrogen-bond donors (Lipinski definition) is 2. The number of nitrogens with one attached hydrogen (secondary N) is 1. The highest BCUT2D eigenvalue weighted by atomic mass is 32.1. The number of thiazole rings is 1. The summed E-state index contributed by atoms with van der Waals surface area (Å²) in [4.78, 5) is 15.9. The van der Waals surface area contributed by atoms with E-state index in [2.05, 4.69) is 10.3 Å². The molecule has 0 bridgehead atoms. The summed E-state index contributed by atoms with van der Waals surface area (Å²) in [5.41, 5.74) is 5.68. The molecule has 1 aromatic heterocycles. The van der Waals surface area contributed by atoms with Crippen molar-refractivity contribution in [2.24, 2.45) is 5.73 Å². The Morgan fingerprint density at radius 3 is 3.00 bits per heavy atom. The van der Waals surface area contributed by atoms with E-state index in [1.807, 2.05) is 0 Å². The number of nitrogens with two attached hydrogens (primary N) is 1. The molecule has 2 aromatic rings. The van der Waals surface area contributed by atoms with Crippen LogP contribution in [-0.4, -0.2) is 18.0 Å². The number of aromatic nitrogens is 1. The van der Waals surface area contributed by atoms with Crippen LogP contribution in [0.5, 0.6) is 5.75 Å². The molecule has 0 aliphatic rings. The lowest BCUT2D eigenvalue weighted by Crippen LogP contribution is -2.13. The average Bonchev–Trinajstić information content (AvgIpc) is 2.90. The smallest absolute Gasteiger partial charge is 0.275 e. The lowest BCUT2D eigenvalue weighted by Gasteiger charge is -2.07. The van der Waals surface area contributed by atoms with E-state index in [4.69, 9.17) is 10.5 Å². The van der Waals surface area contributed by atoms with Gasteiger partial charge in [0.05, 0.1) is 12.8 Å². The largest absolute Gasteiger partial charge is 0.497 e. The minimum Gasteiger partial charge on any atom is -0.497 e. The first-order valence-electron chi connectivity index (χ1n) is 5.43. The van der Waals surface area contributed by atoms with Crippen LogP contribution in [0.2, 0.25) is 0 Å². The Morgan fingerprint density at radius 1 is 1.58 bits per heavy atom. The van der Waals surface area contributed by atoms with E-state index in [1.165, 1.54) is 36.6 Å². The van der Waals surface area contributed by atoms with Gasteiger partial charge in [-0.2, -0.15) is 0 Å². The summed E-state index contributed by atoms with van der Waals surface area (Å²) >= 11 is 1.28. The number of methoxy groups -OCH3 is 1. The third-order valence-corrected chi connectivity index (χ3v) is 3.25. The first-order valence-corrected chi connectivity index (χ1v) is 6.31.